The van der Waals surface area contributed by atoms with E-state index >= 15 is 0 Å². The second-order valence-electron chi connectivity index (χ2n) is 5.73. The van der Waals surface area contributed by atoms with E-state index < -0.39 is 29.9 Å². The summed E-state index contributed by atoms with van der Waals surface area (Å²) in [6, 6.07) is 13.5. The fourth-order valence-corrected chi connectivity index (χ4v) is 3.09. The summed E-state index contributed by atoms with van der Waals surface area (Å²) in [6.45, 7) is 0. The Labute approximate surface area is 149 Å². The van der Waals surface area contributed by atoms with Gasteiger partial charge in [-0.3, -0.25) is 4.79 Å². The van der Waals surface area contributed by atoms with Crippen molar-refractivity contribution in [2.24, 2.45) is 5.92 Å². The first-order valence-corrected chi connectivity index (χ1v) is 8.01. The third-order valence-corrected chi connectivity index (χ3v) is 4.29. The molecule has 0 aliphatic carbocycles. The summed E-state index contributed by atoms with van der Waals surface area (Å²) in [7, 11) is 0. The number of β-lactam (4-membered cyclic amide) rings is 1. The van der Waals surface area contributed by atoms with Crippen LogP contribution in [-0.2, 0) is 16.0 Å². The Morgan fingerprint density at radius 2 is 1.84 bits per heavy atom. The van der Waals surface area contributed by atoms with Crippen LogP contribution in [0.2, 0.25) is 5.02 Å². The predicted molar refractivity (Wildman–Crippen MR) is 92.4 cm³/mol. The average molecular weight is 359 g/mol. The minimum atomic E-state index is -1.21. The standard InChI is InChI=1S/C18H15ClN2O4/c19-12-6-4-5-11(9-12)10-14-15(17(23)24)21(16(14)22)18(25)20-13-7-2-1-3-8-13/h1-9,14-15H,10H2,(H,20,25)(H,23,24)/t14-,15+/m1/s1. The molecule has 0 bridgehead atoms. The predicted octanol–water partition coefficient (Wildman–Crippen LogP) is 3.03. The molecule has 2 aromatic rings. The molecule has 3 amide bonds. The van der Waals surface area contributed by atoms with Gasteiger partial charge < -0.3 is 10.4 Å². The van der Waals surface area contributed by atoms with Crippen LogP contribution in [0.15, 0.2) is 54.6 Å². The molecule has 1 fully saturated rings. The summed E-state index contributed by atoms with van der Waals surface area (Å²) >= 11 is 5.92. The van der Waals surface area contributed by atoms with Crippen molar-refractivity contribution in [3.05, 3.63) is 65.2 Å². The number of hydrogen-bond donors (Lipinski definition) is 2. The van der Waals surface area contributed by atoms with Crippen LogP contribution in [0.4, 0.5) is 10.5 Å². The number of anilines is 1. The third kappa shape index (κ3) is 3.49. The van der Waals surface area contributed by atoms with Crippen LogP contribution in [0.25, 0.3) is 0 Å². The molecular formula is C18H15ClN2O4. The second-order valence-corrected chi connectivity index (χ2v) is 6.16. The molecule has 0 saturated carbocycles. The topological polar surface area (TPSA) is 86.7 Å². The molecule has 0 radical (unpaired) electrons. The minimum Gasteiger partial charge on any atom is -0.480 e. The smallest absolute Gasteiger partial charge is 0.329 e. The molecule has 0 unspecified atom stereocenters. The molecule has 0 spiro atoms. The highest BCUT2D eigenvalue weighted by Crippen LogP contribution is 2.31. The van der Waals surface area contributed by atoms with E-state index in [2.05, 4.69) is 5.32 Å². The highest BCUT2D eigenvalue weighted by atomic mass is 35.5. The Kier molecular flexibility index (Phi) is 4.72. The van der Waals surface area contributed by atoms with Gasteiger partial charge in [-0.2, -0.15) is 0 Å². The fraction of sp³-hybridized carbons (Fsp3) is 0.167. The number of hydrogen-bond acceptors (Lipinski definition) is 3. The van der Waals surface area contributed by atoms with Crippen LogP contribution >= 0.6 is 11.6 Å². The summed E-state index contributed by atoms with van der Waals surface area (Å²) in [5.41, 5.74) is 1.24. The van der Waals surface area contributed by atoms with Gasteiger partial charge in [-0.1, -0.05) is 41.9 Å². The van der Waals surface area contributed by atoms with Gasteiger partial charge in [0.05, 0.1) is 5.92 Å². The summed E-state index contributed by atoms with van der Waals surface area (Å²) in [5, 5.41) is 12.5. The van der Waals surface area contributed by atoms with E-state index in [4.69, 9.17) is 11.6 Å². The molecule has 0 aromatic heterocycles. The van der Waals surface area contributed by atoms with Gasteiger partial charge in [0.2, 0.25) is 5.91 Å². The van der Waals surface area contributed by atoms with Crippen molar-refractivity contribution in [1.82, 2.24) is 4.90 Å². The van der Waals surface area contributed by atoms with Gasteiger partial charge in [-0.05, 0) is 36.2 Å². The lowest BCUT2D eigenvalue weighted by Crippen LogP contribution is -2.67. The summed E-state index contributed by atoms with van der Waals surface area (Å²) < 4.78 is 0. The number of aliphatic carboxylic acids is 1. The molecule has 2 aromatic carbocycles. The van der Waals surface area contributed by atoms with Crippen molar-refractivity contribution in [2.75, 3.05) is 5.32 Å². The number of carbonyl (C=O) groups is 3. The number of imide groups is 1. The zero-order valence-corrected chi connectivity index (χ0v) is 13.8. The number of halogens is 1. The number of nitrogens with zero attached hydrogens (tertiary/aromatic N) is 1. The van der Waals surface area contributed by atoms with Crippen molar-refractivity contribution in [3.8, 4) is 0 Å². The van der Waals surface area contributed by atoms with Crippen LogP contribution in [-0.4, -0.2) is 34.0 Å². The quantitative estimate of drug-likeness (QED) is 0.822. The van der Waals surface area contributed by atoms with E-state index in [-0.39, 0.29) is 6.42 Å². The van der Waals surface area contributed by atoms with Crippen LogP contribution in [0.1, 0.15) is 5.56 Å². The van der Waals surface area contributed by atoms with Crippen molar-refractivity contribution < 1.29 is 19.5 Å². The van der Waals surface area contributed by atoms with Crippen LogP contribution < -0.4 is 5.32 Å². The summed E-state index contributed by atoms with van der Waals surface area (Å²) in [4.78, 5) is 37.0. The maximum absolute atomic E-state index is 12.4. The molecule has 3 rings (SSSR count). The lowest BCUT2D eigenvalue weighted by atomic mass is 9.82. The van der Waals surface area contributed by atoms with Crippen molar-refractivity contribution in [3.63, 3.8) is 0 Å². The van der Waals surface area contributed by atoms with Gasteiger partial charge in [0.25, 0.3) is 0 Å². The first-order chi connectivity index (χ1) is 12.0. The molecule has 6 nitrogen and oxygen atoms in total. The van der Waals surface area contributed by atoms with E-state index in [0.29, 0.717) is 10.7 Å². The highest BCUT2D eigenvalue weighted by molar-refractivity contribution is 6.30. The number of urea groups is 1. The van der Waals surface area contributed by atoms with E-state index in [1.165, 1.54) is 0 Å². The normalized spacial score (nSPS) is 19.2. The first kappa shape index (κ1) is 17.0. The Morgan fingerprint density at radius 3 is 2.48 bits per heavy atom. The van der Waals surface area contributed by atoms with Crippen molar-refractivity contribution in [1.29, 1.82) is 0 Å². The second kappa shape index (κ2) is 6.94. The highest BCUT2D eigenvalue weighted by Gasteiger charge is 2.54. The first-order valence-electron chi connectivity index (χ1n) is 7.63. The zero-order chi connectivity index (χ0) is 18.0. The molecule has 25 heavy (non-hydrogen) atoms. The molecule has 2 atom stereocenters. The van der Waals surface area contributed by atoms with Crippen molar-refractivity contribution in [2.45, 2.75) is 12.5 Å². The van der Waals surface area contributed by atoms with E-state index in [1.807, 2.05) is 0 Å². The maximum Gasteiger partial charge on any atom is 0.329 e. The Balaban J connectivity index is 1.74. The molecule has 1 aliphatic heterocycles. The largest absolute Gasteiger partial charge is 0.480 e. The van der Waals surface area contributed by atoms with Gasteiger partial charge in [-0.25, -0.2) is 14.5 Å². The monoisotopic (exact) mass is 358 g/mol. The van der Waals surface area contributed by atoms with Crippen molar-refractivity contribution >= 4 is 35.2 Å². The lowest BCUT2D eigenvalue weighted by Gasteiger charge is -2.42. The molecule has 2 N–H and O–H groups in total. The van der Waals surface area contributed by atoms with Gasteiger partial charge in [-0.15, -0.1) is 0 Å². The van der Waals surface area contributed by atoms with Crippen LogP contribution in [0.3, 0.4) is 0 Å². The summed E-state index contributed by atoms with van der Waals surface area (Å²) in [6.07, 6.45) is 0.214. The van der Waals surface area contributed by atoms with Crippen LogP contribution in [0, 0.1) is 5.92 Å². The number of rotatable bonds is 4. The minimum absolute atomic E-state index is 0.214. The van der Waals surface area contributed by atoms with E-state index in [1.54, 1.807) is 54.6 Å². The number of carboxylic acid groups (broad SMARTS) is 1. The average Bonchev–Trinajstić information content (AvgIpc) is 2.57. The van der Waals surface area contributed by atoms with Gasteiger partial charge in [0.1, 0.15) is 0 Å². The fourth-order valence-electron chi connectivity index (χ4n) is 2.88. The molecule has 1 saturated heterocycles. The Morgan fingerprint density at radius 1 is 1.12 bits per heavy atom. The van der Waals surface area contributed by atoms with Crippen LogP contribution in [0.5, 0.6) is 0 Å². The maximum atomic E-state index is 12.4. The third-order valence-electron chi connectivity index (χ3n) is 4.06. The zero-order valence-electron chi connectivity index (χ0n) is 13.1. The van der Waals surface area contributed by atoms with E-state index in [9.17, 15) is 19.5 Å². The number of para-hydroxylation sites is 1. The summed E-state index contributed by atoms with van der Waals surface area (Å²) in [5.74, 6) is -2.52. The van der Waals surface area contributed by atoms with Gasteiger partial charge >= 0.3 is 12.0 Å². The SMILES string of the molecule is O=C(O)[C@@H]1[C@@H](Cc2cccc(Cl)c2)C(=O)N1C(=O)Nc1ccccc1. The number of likely N-dealkylation sites (tertiary alicyclic amines) is 1. The number of amides is 3. The number of nitrogens with one attached hydrogen (secondary N) is 1. The van der Waals surface area contributed by atoms with Gasteiger partial charge in [0, 0.05) is 10.7 Å². The number of benzene rings is 2. The van der Waals surface area contributed by atoms with E-state index in [0.717, 1.165) is 10.5 Å². The molecule has 1 heterocycles. The molecular weight excluding hydrogens is 344 g/mol. The number of carboxylic acids is 1. The Hall–Kier alpha value is -2.86. The van der Waals surface area contributed by atoms with Gasteiger partial charge in [0.15, 0.2) is 6.04 Å². The molecule has 128 valence electrons. The number of carbonyl (C=O) groups excluding carboxylic acids is 2. The lowest BCUT2D eigenvalue weighted by molar-refractivity contribution is -0.165. The molecule has 1 aliphatic rings. The molecule has 7 heteroatoms. The Bertz CT molecular complexity index is 825.